The van der Waals surface area contributed by atoms with Gasteiger partial charge in [-0.1, -0.05) is 20.3 Å². The van der Waals surface area contributed by atoms with Gasteiger partial charge in [0.25, 0.3) is 0 Å². The summed E-state index contributed by atoms with van der Waals surface area (Å²) in [4.78, 5) is 11.5. The number of rotatable bonds is 3. The van der Waals surface area contributed by atoms with Crippen LogP contribution >= 0.6 is 0 Å². The van der Waals surface area contributed by atoms with Crippen molar-refractivity contribution in [3.8, 4) is 0 Å². The molecule has 0 aromatic rings. The molecule has 1 atom stereocenters. The van der Waals surface area contributed by atoms with Crippen LogP contribution in [0.1, 0.15) is 33.1 Å². The first kappa shape index (κ1) is 12.3. The molecule has 1 saturated heterocycles. The number of carbonyl (C=O) groups is 1. The average molecular weight is 213 g/mol. The van der Waals surface area contributed by atoms with Gasteiger partial charge in [0.2, 0.25) is 0 Å². The van der Waals surface area contributed by atoms with E-state index in [4.69, 9.17) is 0 Å². The van der Waals surface area contributed by atoms with Gasteiger partial charge in [0.05, 0.1) is 0 Å². The lowest BCUT2D eigenvalue weighted by atomic mass is 10.1. The van der Waals surface area contributed by atoms with Crippen LogP contribution in [-0.4, -0.2) is 31.7 Å². The minimum Gasteiger partial charge on any atom is -0.338 e. The molecule has 0 spiro atoms. The van der Waals surface area contributed by atoms with Crippen LogP contribution in [0.5, 0.6) is 0 Å². The Labute approximate surface area is 92.2 Å². The molecule has 4 nitrogen and oxygen atoms in total. The minimum atomic E-state index is -0.0302. The molecule has 1 unspecified atom stereocenters. The van der Waals surface area contributed by atoms with Crippen molar-refractivity contribution in [2.75, 3.05) is 19.6 Å². The molecule has 0 radical (unpaired) electrons. The number of hydrogen-bond donors (Lipinski definition) is 3. The van der Waals surface area contributed by atoms with Gasteiger partial charge in [-0.25, -0.2) is 4.79 Å². The summed E-state index contributed by atoms with van der Waals surface area (Å²) >= 11 is 0. The van der Waals surface area contributed by atoms with Crippen LogP contribution in [0.3, 0.4) is 0 Å². The summed E-state index contributed by atoms with van der Waals surface area (Å²) in [7, 11) is 0. The van der Waals surface area contributed by atoms with Gasteiger partial charge in [0, 0.05) is 19.1 Å². The molecule has 0 aromatic heterocycles. The van der Waals surface area contributed by atoms with E-state index < -0.39 is 0 Å². The Morgan fingerprint density at radius 2 is 2.27 bits per heavy atom. The van der Waals surface area contributed by atoms with Gasteiger partial charge in [-0.3, -0.25) is 0 Å². The highest BCUT2D eigenvalue weighted by atomic mass is 16.2. The van der Waals surface area contributed by atoms with Gasteiger partial charge in [0.15, 0.2) is 0 Å². The Morgan fingerprint density at radius 1 is 1.47 bits per heavy atom. The van der Waals surface area contributed by atoms with Crippen LogP contribution in [-0.2, 0) is 0 Å². The van der Waals surface area contributed by atoms with E-state index in [1.807, 2.05) is 0 Å². The normalized spacial score (nSPS) is 22.2. The number of nitrogens with one attached hydrogen (secondary N) is 3. The zero-order valence-electron chi connectivity index (χ0n) is 9.81. The van der Waals surface area contributed by atoms with Gasteiger partial charge in [-0.15, -0.1) is 0 Å². The van der Waals surface area contributed by atoms with Crippen LogP contribution in [0.15, 0.2) is 0 Å². The molecule has 0 aromatic carbocycles. The number of hydrogen-bond acceptors (Lipinski definition) is 2. The summed E-state index contributed by atoms with van der Waals surface area (Å²) in [6.45, 7) is 6.90. The highest BCUT2D eigenvalue weighted by Crippen LogP contribution is 2.03. The molecule has 1 aliphatic rings. The lowest BCUT2D eigenvalue weighted by molar-refractivity contribution is 0.235. The number of amides is 2. The molecule has 0 bridgehead atoms. The van der Waals surface area contributed by atoms with Crippen LogP contribution in [0, 0.1) is 5.92 Å². The Kier molecular flexibility index (Phi) is 5.47. The topological polar surface area (TPSA) is 53.2 Å². The van der Waals surface area contributed by atoms with Gasteiger partial charge < -0.3 is 16.0 Å². The molecule has 2 amide bonds. The quantitative estimate of drug-likeness (QED) is 0.657. The van der Waals surface area contributed by atoms with Gasteiger partial charge in [-0.2, -0.15) is 0 Å². The van der Waals surface area contributed by atoms with Crippen molar-refractivity contribution in [2.45, 2.75) is 39.2 Å². The average Bonchev–Trinajstić information content (AvgIpc) is 2.43. The predicted octanol–water partition coefficient (Wildman–Crippen LogP) is 1.08. The lowest BCUT2D eigenvalue weighted by Crippen LogP contribution is -2.46. The van der Waals surface area contributed by atoms with Gasteiger partial charge >= 0.3 is 6.03 Å². The highest BCUT2D eigenvalue weighted by molar-refractivity contribution is 5.74. The van der Waals surface area contributed by atoms with Crippen LogP contribution in [0.25, 0.3) is 0 Å². The summed E-state index contributed by atoms with van der Waals surface area (Å²) in [6.07, 6.45) is 3.50. The maximum absolute atomic E-state index is 11.5. The summed E-state index contributed by atoms with van der Waals surface area (Å²) in [5.74, 6) is 0.503. The van der Waals surface area contributed by atoms with Crippen LogP contribution in [0.2, 0.25) is 0 Å². The van der Waals surface area contributed by atoms with E-state index in [9.17, 15) is 4.79 Å². The van der Waals surface area contributed by atoms with Crippen LogP contribution < -0.4 is 16.0 Å². The zero-order chi connectivity index (χ0) is 11.1. The van der Waals surface area contributed by atoms with Crippen molar-refractivity contribution in [1.82, 2.24) is 16.0 Å². The Bertz CT molecular complexity index is 186. The molecule has 4 heteroatoms. The molecular weight excluding hydrogens is 190 g/mol. The van der Waals surface area contributed by atoms with Crippen molar-refractivity contribution < 1.29 is 4.79 Å². The second kappa shape index (κ2) is 6.67. The fraction of sp³-hybridized carbons (Fsp3) is 0.909. The number of urea groups is 1. The maximum Gasteiger partial charge on any atom is 0.315 e. The van der Waals surface area contributed by atoms with E-state index in [0.29, 0.717) is 12.0 Å². The van der Waals surface area contributed by atoms with Crippen molar-refractivity contribution in [3.63, 3.8) is 0 Å². The van der Waals surface area contributed by atoms with E-state index in [0.717, 1.165) is 26.1 Å². The third-order valence-corrected chi connectivity index (χ3v) is 2.55. The first-order valence-corrected chi connectivity index (χ1v) is 5.93. The lowest BCUT2D eigenvalue weighted by Gasteiger charge is -2.17. The SMILES string of the molecule is CC(C)CNC(=O)NC1CCCCNC1. The Balaban J connectivity index is 2.17. The van der Waals surface area contributed by atoms with E-state index in [1.54, 1.807) is 0 Å². The maximum atomic E-state index is 11.5. The van der Waals surface area contributed by atoms with E-state index in [2.05, 4.69) is 29.8 Å². The zero-order valence-corrected chi connectivity index (χ0v) is 9.81. The van der Waals surface area contributed by atoms with Crippen molar-refractivity contribution in [2.24, 2.45) is 5.92 Å². The molecule has 88 valence electrons. The van der Waals surface area contributed by atoms with Crippen molar-refractivity contribution in [1.29, 1.82) is 0 Å². The fourth-order valence-corrected chi connectivity index (χ4v) is 1.68. The first-order valence-electron chi connectivity index (χ1n) is 5.93. The van der Waals surface area contributed by atoms with Crippen LogP contribution in [0.4, 0.5) is 4.79 Å². The molecule has 0 saturated carbocycles. The second-order valence-corrected chi connectivity index (χ2v) is 4.65. The summed E-state index contributed by atoms with van der Waals surface area (Å²) in [6, 6.07) is 0.261. The standard InChI is InChI=1S/C11H23N3O/c1-9(2)7-13-11(15)14-10-5-3-4-6-12-8-10/h9-10,12H,3-8H2,1-2H3,(H2,13,14,15). The van der Waals surface area contributed by atoms with Gasteiger partial charge in [0.1, 0.15) is 0 Å². The minimum absolute atomic E-state index is 0.0302. The third kappa shape index (κ3) is 5.62. The van der Waals surface area contributed by atoms with Crippen molar-refractivity contribution in [3.05, 3.63) is 0 Å². The van der Waals surface area contributed by atoms with E-state index in [-0.39, 0.29) is 6.03 Å². The summed E-state index contributed by atoms with van der Waals surface area (Å²) < 4.78 is 0. The second-order valence-electron chi connectivity index (χ2n) is 4.65. The molecule has 15 heavy (non-hydrogen) atoms. The molecule has 0 aliphatic carbocycles. The highest BCUT2D eigenvalue weighted by Gasteiger charge is 2.13. The molecule has 1 rings (SSSR count). The van der Waals surface area contributed by atoms with E-state index >= 15 is 0 Å². The molecule has 3 N–H and O–H groups in total. The molecule has 1 aliphatic heterocycles. The molecule has 1 heterocycles. The third-order valence-electron chi connectivity index (χ3n) is 2.55. The smallest absolute Gasteiger partial charge is 0.315 e. The van der Waals surface area contributed by atoms with Crippen molar-refractivity contribution >= 4 is 6.03 Å². The molecule has 1 fully saturated rings. The summed E-state index contributed by atoms with van der Waals surface area (Å²) in [5, 5.41) is 9.20. The Hall–Kier alpha value is -0.770. The monoisotopic (exact) mass is 213 g/mol. The Morgan fingerprint density at radius 3 is 3.00 bits per heavy atom. The first-order chi connectivity index (χ1) is 7.18. The van der Waals surface area contributed by atoms with Gasteiger partial charge in [-0.05, 0) is 25.3 Å². The largest absolute Gasteiger partial charge is 0.338 e. The van der Waals surface area contributed by atoms with E-state index in [1.165, 1.54) is 12.8 Å². The predicted molar refractivity (Wildman–Crippen MR) is 61.9 cm³/mol. The number of carbonyl (C=O) groups excluding carboxylic acids is 1. The summed E-state index contributed by atoms with van der Waals surface area (Å²) in [5.41, 5.74) is 0. The fourth-order valence-electron chi connectivity index (χ4n) is 1.68. The molecular formula is C11H23N3O.